The zero-order valence-electron chi connectivity index (χ0n) is 11.4. The van der Waals surface area contributed by atoms with Gasteiger partial charge in [0.05, 0.1) is 17.9 Å². The van der Waals surface area contributed by atoms with Crippen LogP contribution in [0.1, 0.15) is 45.4 Å². The van der Waals surface area contributed by atoms with E-state index in [2.05, 4.69) is 5.32 Å². The summed E-state index contributed by atoms with van der Waals surface area (Å²) in [6, 6.07) is 0.167. The zero-order chi connectivity index (χ0) is 13.8. The zero-order valence-corrected chi connectivity index (χ0v) is 11.4. The summed E-state index contributed by atoms with van der Waals surface area (Å²) in [4.78, 5) is 23.3. The van der Waals surface area contributed by atoms with Crippen LogP contribution in [0.15, 0.2) is 0 Å². The molecule has 2 saturated carbocycles. The first kappa shape index (κ1) is 14.3. The SMILES string of the molecule is CCOC1CC(NC(=O)C2CCCCC2C(=O)O)C1. The fourth-order valence-electron chi connectivity index (χ4n) is 3.10. The molecule has 2 rings (SSSR count). The predicted molar refractivity (Wildman–Crippen MR) is 69.7 cm³/mol. The van der Waals surface area contributed by atoms with E-state index < -0.39 is 11.9 Å². The standard InChI is InChI=1S/C14H23NO4/c1-2-19-10-7-9(8-10)15-13(16)11-5-3-4-6-12(11)14(17)18/h9-12H,2-8H2,1H3,(H,15,16)(H,17,18). The van der Waals surface area contributed by atoms with Gasteiger partial charge in [-0.1, -0.05) is 12.8 Å². The number of ether oxygens (including phenoxy) is 1. The molecule has 0 aromatic heterocycles. The molecule has 5 heteroatoms. The van der Waals surface area contributed by atoms with E-state index in [1.165, 1.54) is 0 Å². The lowest BCUT2D eigenvalue weighted by molar-refractivity contribution is -0.149. The number of nitrogens with one attached hydrogen (secondary N) is 1. The highest BCUT2D eigenvalue weighted by atomic mass is 16.5. The lowest BCUT2D eigenvalue weighted by Crippen LogP contribution is -2.51. The van der Waals surface area contributed by atoms with Gasteiger partial charge in [0.25, 0.3) is 0 Å². The summed E-state index contributed by atoms with van der Waals surface area (Å²) in [6.45, 7) is 2.67. The highest BCUT2D eigenvalue weighted by molar-refractivity contribution is 5.85. The molecule has 1 amide bonds. The summed E-state index contributed by atoms with van der Waals surface area (Å²) >= 11 is 0. The first-order valence-corrected chi connectivity index (χ1v) is 7.26. The lowest BCUT2D eigenvalue weighted by Gasteiger charge is -2.37. The van der Waals surface area contributed by atoms with Gasteiger partial charge in [-0.25, -0.2) is 0 Å². The van der Waals surface area contributed by atoms with Gasteiger partial charge in [-0.2, -0.15) is 0 Å². The van der Waals surface area contributed by atoms with Crippen LogP contribution in [0.5, 0.6) is 0 Å². The minimum atomic E-state index is -0.833. The van der Waals surface area contributed by atoms with Gasteiger partial charge in [0.15, 0.2) is 0 Å². The van der Waals surface area contributed by atoms with Crippen molar-refractivity contribution in [2.75, 3.05) is 6.61 Å². The van der Waals surface area contributed by atoms with Crippen molar-refractivity contribution in [2.45, 2.75) is 57.6 Å². The molecule has 0 saturated heterocycles. The average Bonchev–Trinajstić information content (AvgIpc) is 2.36. The molecule has 0 aromatic carbocycles. The smallest absolute Gasteiger partial charge is 0.307 e. The maximum absolute atomic E-state index is 12.2. The molecule has 0 aromatic rings. The van der Waals surface area contributed by atoms with Gasteiger partial charge in [0.2, 0.25) is 5.91 Å². The van der Waals surface area contributed by atoms with Crippen molar-refractivity contribution < 1.29 is 19.4 Å². The molecule has 0 aliphatic heterocycles. The molecule has 2 unspecified atom stereocenters. The van der Waals surface area contributed by atoms with E-state index in [1.54, 1.807) is 0 Å². The average molecular weight is 269 g/mol. The van der Waals surface area contributed by atoms with Gasteiger partial charge in [-0.05, 0) is 32.6 Å². The van der Waals surface area contributed by atoms with Crippen LogP contribution in [-0.4, -0.2) is 35.7 Å². The van der Waals surface area contributed by atoms with Crippen LogP contribution in [0.2, 0.25) is 0 Å². The maximum atomic E-state index is 12.2. The number of hydrogen-bond donors (Lipinski definition) is 2. The molecule has 2 fully saturated rings. The van der Waals surface area contributed by atoms with Crippen molar-refractivity contribution >= 4 is 11.9 Å². The van der Waals surface area contributed by atoms with E-state index in [0.717, 1.165) is 25.7 Å². The minimum absolute atomic E-state index is 0.0768. The molecule has 0 bridgehead atoms. The van der Waals surface area contributed by atoms with Crippen LogP contribution < -0.4 is 5.32 Å². The molecule has 2 N–H and O–H groups in total. The fourth-order valence-corrected chi connectivity index (χ4v) is 3.10. The number of amides is 1. The molecular weight excluding hydrogens is 246 g/mol. The predicted octanol–water partition coefficient (Wildman–Crippen LogP) is 1.56. The van der Waals surface area contributed by atoms with Crippen LogP contribution >= 0.6 is 0 Å². The molecule has 5 nitrogen and oxygen atoms in total. The molecule has 2 atom stereocenters. The maximum Gasteiger partial charge on any atom is 0.307 e. The molecule has 0 heterocycles. The topological polar surface area (TPSA) is 75.6 Å². The van der Waals surface area contributed by atoms with Crippen LogP contribution in [0.3, 0.4) is 0 Å². The second-order valence-corrected chi connectivity index (χ2v) is 5.59. The highest BCUT2D eigenvalue weighted by Gasteiger charge is 2.38. The van der Waals surface area contributed by atoms with Crippen molar-refractivity contribution in [2.24, 2.45) is 11.8 Å². The Bertz CT molecular complexity index is 338. The normalized spacial score (nSPS) is 34.4. The van der Waals surface area contributed by atoms with Gasteiger partial charge >= 0.3 is 5.97 Å². The Morgan fingerprint density at radius 3 is 2.42 bits per heavy atom. The number of carboxylic acid groups (broad SMARTS) is 1. The third-order valence-electron chi connectivity index (χ3n) is 4.26. The molecule has 0 spiro atoms. The Labute approximate surface area is 113 Å². The molecule has 2 aliphatic rings. The van der Waals surface area contributed by atoms with Gasteiger partial charge in [-0.15, -0.1) is 0 Å². The lowest BCUT2D eigenvalue weighted by atomic mass is 9.78. The quantitative estimate of drug-likeness (QED) is 0.794. The fraction of sp³-hybridized carbons (Fsp3) is 0.857. The van der Waals surface area contributed by atoms with Crippen molar-refractivity contribution in [3.8, 4) is 0 Å². The van der Waals surface area contributed by atoms with E-state index in [4.69, 9.17) is 4.74 Å². The summed E-state index contributed by atoms with van der Waals surface area (Å²) in [5, 5.41) is 12.2. The van der Waals surface area contributed by atoms with Gasteiger partial charge in [0.1, 0.15) is 0 Å². The summed E-state index contributed by atoms with van der Waals surface area (Å²) in [7, 11) is 0. The van der Waals surface area contributed by atoms with Gasteiger partial charge < -0.3 is 15.2 Å². The molecule has 19 heavy (non-hydrogen) atoms. The van der Waals surface area contributed by atoms with Gasteiger partial charge in [-0.3, -0.25) is 9.59 Å². The molecule has 0 radical (unpaired) electrons. The Morgan fingerprint density at radius 2 is 1.84 bits per heavy atom. The van der Waals surface area contributed by atoms with Gasteiger partial charge in [0, 0.05) is 12.6 Å². The number of carbonyl (C=O) groups excluding carboxylic acids is 1. The third kappa shape index (κ3) is 3.47. The van der Waals surface area contributed by atoms with Crippen molar-refractivity contribution in [3.05, 3.63) is 0 Å². The largest absolute Gasteiger partial charge is 0.481 e. The first-order valence-electron chi connectivity index (χ1n) is 7.26. The molecule has 108 valence electrons. The Kier molecular flexibility index (Phi) is 4.80. The monoisotopic (exact) mass is 269 g/mol. The number of rotatable bonds is 5. The van der Waals surface area contributed by atoms with Crippen molar-refractivity contribution in [3.63, 3.8) is 0 Å². The highest BCUT2D eigenvalue weighted by Crippen LogP contribution is 2.31. The van der Waals surface area contributed by atoms with E-state index >= 15 is 0 Å². The summed E-state index contributed by atoms with van der Waals surface area (Å²) in [5.74, 6) is -1.76. The van der Waals surface area contributed by atoms with Crippen LogP contribution in [0.4, 0.5) is 0 Å². The second-order valence-electron chi connectivity index (χ2n) is 5.59. The van der Waals surface area contributed by atoms with Crippen LogP contribution in [-0.2, 0) is 14.3 Å². The first-order chi connectivity index (χ1) is 9.11. The third-order valence-corrected chi connectivity index (χ3v) is 4.26. The second kappa shape index (κ2) is 6.37. The van der Waals surface area contributed by atoms with Crippen molar-refractivity contribution in [1.29, 1.82) is 0 Å². The number of aliphatic carboxylic acids is 1. The summed E-state index contributed by atoms with van der Waals surface area (Å²) < 4.78 is 5.45. The Balaban J connectivity index is 1.80. The van der Waals surface area contributed by atoms with E-state index in [1.807, 2.05) is 6.92 Å². The number of carboxylic acids is 1. The van der Waals surface area contributed by atoms with Crippen molar-refractivity contribution in [1.82, 2.24) is 5.32 Å². The van der Waals surface area contributed by atoms with E-state index in [9.17, 15) is 14.7 Å². The number of hydrogen-bond acceptors (Lipinski definition) is 3. The summed E-state index contributed by atoms with van der Waals surface area (Å²) in [6.07, 6.45) is 5.15. The van der Waals surface area contributed by atoms with Crippen LogP contribution in [0, 0.1) is 11.8 Å². The number of carbonyl (C=O) groups is 2. The summed E-state index contributed by atoms with van der Waals surface area (Å²) in [5.41, 5.74) is 0. The molecule has 2 aliphatic carbocycles. The van der Waals surface area contributed by atoms with E-state index in [0.29, 0.717) is 19.4 Å². The minimum Gasteiger partial charge on any atom is -0.481 e. The molecular formula is C14H23NO4. The van der Waals surface area contributed by atoms with E-state index in [-0.39, 0.29) is 24.0 Å². The Morgan fingerprint density at radius 1 is 1.21 bits per heavy atom. The Hall–Kier alpha value is -1.10. The van der Waals surface area contributed by atoms with Crippen LogP contribution in [0.25, 0.3) is 0 Å².